The number of tetrazole rings is 1. The molecule has 0 radical (unpaired) electrons. The molecule has 1 aromatic heterocycles. The standard InChI is InChI=1S/C4H7N4.Rb/c1-3(2)4-5-7-8-6-4;/h3H,1-2H3;/q-1;+1. The number of hydrogen-bond donors (Lipinski definition) is 0. The Kier molecular flexibility index (Phi) is 5.11. The second kappa shape index (κ2) is 4.65. The third-order valence-electron chi connectivity index (χ3n) is 0.851. The Labute approximate surface area is 103 Å². The monoisotopic (exact) mass is 196 g/mol. The van der Waals surface area contributed by atoms with Gasteiger partial charge in [0, 0.05) is 5.82 Å². The third-order valence-corrected chi connectivity index (χ3v) is 0.851. The fourth-order valence-corrected chi connectivity index (χ4v) is 0.383. The predicted octanol–water partition coefficient (Wildman–Crippen LogP) is -3.04. The van der Waals surface area contributed by atoms with Gasteiger partial charge >= 0.3 is 58.2 Å². The Morgan fingerprint density at radius 2 is 2.11 bits per heavy atom. The van der Waals surface area contributed by atoms with Crippen molar-refractivity contribution >= 4 is 0 Å². The van der Waals surface area contributed by atoms with E-state index in [0.717, 1.165) is 0 Å². The van der Waals surface area contributed by atoms with Gasteiger partial charge in [-0.15, -0.1) is 0 Å². The summed E-state index contributed by atoms with van der Waals surface area (Å²) in [4.78, 5) is 0. The van der Waals surface area contributed by atoms with E-state index in [0.29, 0.717) is 11.7 Å². The maximum Gasteiger partial charge on any atom is 1.00 e. The summed E-state index contributed by atoms with van der Waals surface area (Å²) >= 11 is 0. The summed E-state index contributed by atoms with van der Waals surface area (Å²) in [5.41, 5.74) is 0. The summed E-state index contributed by atoms with van der Waals surface area (Å²) in [5.74, 6) is 1.05. The van der Waals surface area contributed by atoms with Gasteiger partial charge in [0.2, 0.25) is 0 Å². The largest absolute Gasteiger partial charge is 1.00 e. The average Bonchev–Trinajstić information content (AvgIpc) is 2.12. The number of nitrogens with zero attached hydrogens (tertiary/aromatic N) is 4. The maximum atomic E-state index is 3.64. The summed E-state index contributed by atoms with van der Waals surface area (Å²) in [5, 5.41) is 14.0. The van der Waals surface area contributed by atoms with E-state index in [9.17, 15) is 0 Å². The molecule has 0 aromatic carbocycles. The second-order valence-electron chi connectivity index (χ2n) is 1.89. The fraction of sp³-hybridized carbons (Fsp3) is 0.750. The molecular weight excluding hydrogens is 190 g/mol. The Morgan fingerprint density at radius 3 is 2.33 bits per heavy atom. The van der Waals surface area contributed by atoms with Crippen LogP contribution in [0.3, 0.4) is 0 Å². The van der Waals surface area contributed by atoms with Crippen molar-refractivity contribution < 1.29 is 58.2 Å². The molecule has 0 spiro atoms. The molecule has 0 aliphatic carbocycles. The van der Waals surface area contributed by atoms with Crippen LogP contribution >= 0.6 is 0 Å². The van der Waals surface area contributed by atoms with Gasteiger partial charge in [0.05, 0.1) is 0 Å². The summed E-state index contributed by atoms with van der Waals surface area (Å²) in [6.45, 7) is 4.00. The van der Waals surface area contributed by atoms with Gasteiger partial charge < -0.3 is 5.10 Å². The molecule has 0 fully saturated rings. The van der Waals surface area contributed by atoms with E-state index in [4.69, 9.17) is 0 Å². The van der Waals surface area contributed by atoms with Gasteiger partial charge in [-0.1, -0.05) is 13.8 Å². The fourth-order valence-electron chi connectivity index (χ4n) is 0.383. The van der Waals surface area contributed by atoms with Crippen LogP contribution in [-0.4, -0.2) is 15.5 Å². The Hall–Kier alpha value is 0.875. The molecule has 5 heteroatoms. The van der Waals surface area contributed by atoms with Gasteiger partial charge in [0.15, 0.2) is 0 Å². The van der Waals surface area contributed by atoms with Crippen molar-refractivity contribution in [1.29, 1.82) is 0 Å². The van der Waals surface area contributed by atoms with E-state index in [1.807, 2.05) is 13.8 Å². The van der Waals surface area contributed by atoms with Gasteiger partial charge in [-0.25, -0.2) is 0 Å². The van der Waals surface area contributed by atoms with E-state index in [1.165, 1.54) is 0 Å². The summed E-state index contributed by atoms with van der Waals surface area (Å²) in [6, 6.07) is 0. The first-order valence-corrected chi connectivity index (χ1v) is 2.49. The molecule has 1 heterocycles. The average molecular weight is 197 g/mol. The van der Waals surface area contributed by atoms with Gasteiger partial charge in [0.25, 0.3) is 0 Å². The van der Waals surface area contributed by atoms with Crippen molar-refractivity contribution in [3.8, 4) is 0 Å². The molecule has 0 aliphatic heterocycles. The number of aromatic nitrogens is 4. The zero-order chi connectivity index (χ0) is 5.98. The van der Waals surface area contributed by atoms with Gasteiger partial charge in [-0.2, -0.15) is 5.21 Å². The van der Waals surface area contributed by atoms with Crippen molar-refractivity contribution in [1.82, 2.24) is 20.6 Å². The second-order valence-corrected chi connectivity index (χ2v) is 1.89. The number of rotatable bonds is 1. The van der Waals surface area contributed by atoms with Gasteiger partial charge in [-0.05, 0) is 5.92 Å². The Balaban J connectivity index is 0.000000640. The smallest absolute Gasteiger partial charge is 0.335 e. The summed E-state index contributed by atoms with van der Waals surface area (Å²) in [6.07, 6.45) is 0. The van der Waals surface area contributed by atoms with Crippen LogP contribution in [0.25, 0.3) is 0 Å². The molecule has 0 unspecified atom stereocenters. The van der Waals surface area contributed by atoms with E-state index in [2.05, 4.69) is 20.6 Å². The van der Waals surface area contributed by atoms with E-state index < -0.39 is 0 Å². The Morgan fingerprint density at radius 1 is 1.44 bits per heavy atom. The molecule has 44 valence electrons. The van der Waals surface area contributed by atoms with Crippen molar-refractivity contribution in [3.63, 3.8) is 0 Å². The molecule has 0 bridgehead atoms. The quantitative estimate of drug-likeness (QED) is 0.479. The first kappa shape index (κ1) is 9.88. The minimum Gasteiger partial charge on any atom is -0.335 e. The zero-order valence-electron chi connectivity index (χ0n) is 5.87. The zero-order valence-corrected chi connectivity index (χ0v) is 10.8. The molecule has 1 rings (SSSR count). The molecule has 0 N–H and O–H groups in total. The third kappa shape index (κ3) is 2.97. The van der Waals surface area contributed by atoms with E-state index >= 15 is 0 Å². The molecule has 4 nitrogen and oxygen atoms in total. The van der Waals surface area contributed by atoms with Gasteiger partial charge in [0.1, 0.15) is 0 Å². The molecule has 1 aromatic rings. The van der Waals surface area contributed by atoms with Crippen LogP contribution in [0.4, 0.5) is 0 Å². The van der Waals surface area contributed by atoms with E-state index in [1.54, 1.807) is 0 Å². The minimum atomic E-state index is 0. The van der Waals surface area contributed by atoms with Gasteiger partial charge in [-0.3, -0.25) is 10.3 Å². The van der Waals surface area contributed by atoms with Crippen LogP contribution in [0.15, 0.2) is 0 Å². The maximum absolute atomic E-state index is 3.64. The van der Waals surface area contributed by atoms with E-state index in [-0.39, 0.29) is 58.2 Å². The van der Waals surface area contributed by atoms with Crippen molar-refractivity contribution in [2.75, 3.05) is 0 Å². The van der Waals surface area contributed by atoms with Crippen LogP contribution < -0.4 is 63.3 Å². The van der Waals surface area contributed by atoms with Crippen molar-refractivity contribution in [2.45, 2.75) is 19.8 Å². The first-order valence-electron chi connectivity index (χ1n) is 2.49. The van der Waals surface area contributed by atoms with Crippen LogP contribution in [0.5, 0.6) is 0 Å². The predicted molar refractivity (Wildman–Crippen MR) is 27.2 cm³/mol. The molecule has 0 saturated carbocycles. The summed E-state index contributed by atoms with van der Waals surface area (Å²) in [7, 11) is 0. The van der Waals surface area contributed by atoms with Crippen LogP contribution in [-0.2, 0) is 0 Å². The van der Waals surface area contributed by atoms with Crippen LogP contribution in [0, 0.1) is 0 Å². The topological polar surface area (TPSA) is 52.8 Å². The van der Waals surface area contributed by atoms with Crippen molar-refractivity contribution in [3.05, 3.63) is 5.82 Å². The molecule has 0 atom stereocenters. The molecular formula is C4H7N4Rb. The normalized spacial score (nSPS) is 9.22. The molecule has 0 aliphatic rings. The molecule has 0 amide bonds. The van der Waals surface area contributed by atoms with Crippen LogP contribution in [0.2, 0.25) is 0 Å². The molecule has 0 saturated heterocycles. The first-order chi connectivity index (χ1) is 3.80. The Bertz CT molecular complexity index is 148. The van der Waals surface area contributed by atoms with Crippen LogP contribution in [0.1, 0.15) is 25.6 Å². The summed E-state index contributed by atoms with van der Waals surface area (Å²) < 4.78 is 0. The number of hydrogen-bond acceptors (Lipinski definition) is 3. The minimum absolute atomic E-state index is 0. The van der Waals surface area contributed by atoms with Crippen molar-refractivity contribution in [2.24, 2.45) is 0 Å². The molecule has 9 heavy (non-hydrogen) atoms. The SMILES string of the molecule is CC(C)c1nnn[n-]1.[Rb+].